The van der Waals surface area contributed by atoms with Crippen molar-refractivity contribution >= 4 is 35.1 Å². The summed E-state index contributed by atoms with van der Waals surface area (Å²) in [5, 5.41) is 9.65. The van der Waals surface area contributed by atoms with Crippen LogP contribution in [-0.4, -0.2) is 25.3 Å². The van der Waals surface area contributed by atoms with Crippen LogP contribution in [0.2, 0.25) is 10.2 Å². The lowest BCUT2D eigenvalue weighted by atomic mass is 10.1. The first-order chi connectivity index (χ1) is 12.4. The van der Waals surface area contributed by atoms with Crippen molar-refractivity contribution in [1.82, 2.24) is 19.6 Å². The topological polar surface area (TPSA) is 52.7 Å². The van der Waals surface area contributed by atoms with Gasteiger partial charge in [-0.1, -0.05) is 29.3 Å². The number of carbonyl (C=O) groups excluding carboxylic acids is 1. The van der Waals surface area contributed by atoms with E-state index in [4.69, 9.17) is 23.2 Å². The molecule has 0 aliphatic heterocycles. The van der Waals surface area contributed by atoms with Gasteiger partial charge in [-0.2, -0.15) is 10.2 Å². The Labute approximate surface area is 161 Å². The van der Waals surface area contributed by atoms with Crippen LogP contribution < -0.4 is 0 Å². The van der Waals surface area contributed by atoms with Crippen molar-refractivity contribution in [3.63, 3.8) is 0 Å². The second kappa shape index (κ2) is 7.48. The second-order valence-corrected chi connectivity index (χ2v) is 6.98. The molecule has 5 nitrogen and oxygen atoms in total. The van der Waals surface area contributed by atoms with Crippen molar-refractivity contribution in [2.24, 2.45) is 0 Å². The highest BCUT2D eigenvalue weighted by molar-refractivity contribution is 6.32. The lowest BCUT2D eigenvalue weighted by Crippen LogP contribution is -2.00. The Morgan fingerprint density at radius 1 is 1.27 bits per heavy atom. The molecule has 0 radical (unpaired) electrons. The third-order valence-electron chi connectivity index (χ3n) is 3.92. The predicted molar refractivity (Wildman–Crippen MR) is 104 cm³/mol. The lowest BCUT2D eigenvalue weighted by molar-refractivity contribution is 0.104. The summed E-state index contributed by atoms with van der Waals surface area (Å²) < 4.78 is 3.35. The molecule has 2 heterocycles. The number of benzene rings is 1. The minimum atomic E-state index is -0.136. The number of ketones is 1. The molecule has 26 heavy (non-hydrogen) atoms. The third kappa shape index (κ3) is 3.74. The third-order valence-corrected chi connectivity index (χ3v) is 4.52. The van der Waals surface area contributed by atoms with E-state index in [0.29, 0.717) is 21.3 Å². The van der Waals surface area contributed by atoms with E-state index in [1.165, 1.54) is 6.08 Å². The summed E-state index contributed by atoms with van der Waals surface area (Å²) in [6, 6.07) is 7.46. The van der Waals surface area contributed by atoms with Gasteiger partial charge < -0.3 is 0 Å². The molecule has 0 unspecified atom stereocenters. The number of carbonyl (C=O) groups is 1. The number of aromatic nitrogens is 4. The molecule has 134 valence electrons. The Kier molecular flexibility index (Phi) is 5.30. The van der Waals surface area contributed by atoms with Crippen molar-refractivity contribution in [2.75, 3.05) is 0 Å². The molecule has 3 aromatic rings. The molecule has 0 spiro atoms. The maximum absolute atomic E-state index is 12.4. The lowest BCUT2D eigenvalue weighted by Gasteiger charge is -2.03. The van der Waals surface area contributed by atoms with E-state index in [1.54, 1.807) is 40.0 Å². The molecule has 0 fully saturated rings. The van der Waals surface area contributed by atoms with Gasteiger partial charge in [0.1, 0.15) is 5.15 Å². The first-order valence-corrected chi connectivity index (χ1v) is 8.90. The standard InChI is InChI=1S/C19H18Cl2N4O/c1-12(2)24-11-14(10-22-24)18(26)8-7-17-13(3)23-25(19(17)21)16-6-4-5-15(20)9-16/h4-12H,1-3H3/b8-7+. The fourth-order valence-corrected chi connectivity index (χ4v) is 3.00. The zero-order valence-corrected chi connectivity index (χ0v) is 16.2. The summed E-state index contributed by atoms with van der Waals surface area (Å²) in [6.45, 7) is 5.85. The van der Waals surface area contributed by atoms with E-state index in [0.717, 1.165) is 11.4 Å². The van der Waals surface area contributed by atoms with Crippen molar-refractivity contribution < 1.29 is 4.79 Å². The molecular formula is C19H18Cl2N4O. The Bertz CT molecular complexity index is 985. The van der Waals surface area contributed by atoms with E-state index in [1.807, 2.05) is 32.9 Å². The second-order valence-electron chi connectivity index (χ2n) is 6.18. The maximum atomic E-state index is 12.4. The normalized spacial score (nSPS) is 11.6. The summed E-state index contributed by atoms with van der Waals surface area (Å²) in [5.41, 5.74) is 2.70. The number of aryl methyl sites for hydroxylation is 1. The number of hydrogen-bond acceptors (Lipinski definition) is 3. The first-order valence-electron chi connectivity index (χ1n) is 8.14. The average molecular weight is 389 g/mol. The average Bonchev–Trinajstić information content (AvgIpc) is 3.19. The first kappa shape index (κ1) is 18.4. The van der Waals surface area contributed by atoms with Crippen molar-refractivity contribution in [1.29, 1.82) is 0 Å². The predicted octanol–water partition coefficient (Wildman–Crippen LogP) is 5.16. The van der Waals surface area contributed by atoms with Crippen LogP contribution in [0.15, 0.2) is 42.7 Å². The van der Waals surface area contributed by atoms with E-state index >= 15 is 0 Å². The summed E-state index contributed by atoms with van der Waals surface area (Å²) in [4.78, 5) is 12.4. The summed E-state index contributed by atoms with van der Waals surface area (Å²) in [6.07, 6.45) is 6.47. The number of allylic oxidation sites excluding steroid dienone is 1. The van der Waals surface area contributed by atoms with Crippen LogP contribution in [0.5, 0.6) is 0 Å². The number of halogens is 2. The van der Waals surface area contributed by atoms with Crippen LogP contribution in [0.3, 0.4) is 0 Å². The highest BCUT2D eigenvalue weighted by atomic mass is 35.5. The monoisotopic (exact) mass is 388 g/mol. The smallest absolute Gasteiger partial charge is 0.189 e. The van der Waals surface area contributed by atoms with E-state index in [9.17, 15) is 4.79 Å². The molecular weight excluding hydrogens is 371 g/mol. The van der Waals surface area contributed by atoms with Crippen molar-refractivity contribution in [3.05, 3.63) is 69.7 Å². The fraction of sp³-hybridized carbons (Fsp3) is 0.211. The fourth-order valence-electron chi connectivity index (χ4n) is 2.48. The Balaban J connectivity index is 1.88. The van der Waals surface area contributed by atoms with Gasteiger partial charge in [0.05, 0.1) is 23.1 Å². The van der Waals surface area contributed by atoms with Gasteiger partial charge in [0.25, 0.3) is 0 Å². The molecule has 2 aromatic heterocycles. The summed E-state index contributed by atoms with van der Waals surface area (Å²) in [7, 11) is 0. The van der Waals surface area contributed by atoms with Gasteiger partial charge in [-0.25, -0.2) is 4.68 Å². The van der Waals surface area contributed by atoms with Crippen LogP contribution in [-0.2, 0) is 0 Å². The van der Waals surface area contributed by atoms with E-state index < -0.39 is 0 Å². The van der Waals surface area contributed by atoms with Crippen LogP contribution in [0.25, 0.3) is 11.8 Å². The van der Waals surface area contributed by atoms with Crippen LogP contribution in [0, 0.1) is 6.92 Å². The Morgan fingerprint density at radius 2 is 2.04 bits per heavy atom. The summed E-state index contributed by atoms with van der Waals surface area (Å²) >= 11 is 12.5. The number of hydrogen-bond donors (Lipinski definition) is 0. The minimum absolute atomic E-state index is 0.136. The number of rotatable bonds is 5. The Hall–Kier alpha value is -2.37. The van der Waals surface area contributed by atoms with Gasteiger partial charge in [0.2, 0.25) is 0 Å². The zero-order valence-electron chi connectivity index (χ0n) is 14.6. The van der Waals surface area contributed by atoms with Gasteiger partial charge in [0.15, 0.2) is 5.78 Å². The zero-order chi connectivity index (χ0) is 18.8. The molecule has 1 aromatic carbocycles. The largest absolute Gasteiger partial charge is 0.289 e. The van der Waals surface area contributed by atoms with Crippen LogP contribution in [0.4, 0.5) is 0 Å². The van der Waals surface area contributed by atoms with Gasteiger partial charge in [-0.05, 0) is 51.1 Å². The molecule has 0 saturated heterocycles. The van der Waals surface area contributed by atoms with Crippen molar-refractivity contribution in [3.8, 4) is 5.69 Å². The molecule has 0 aliphatic rings. The van der Waals surface area contributed by atoms with Crippen LogP contribution >= 0.6 is 23.2 Å². The molecule has 0 aliphatic carbocycles. The van der Waals surface area contributed by atoms with Crippen molar-refractivity contribution in [2.45, 2.75) is 26.8 Å². The molecule has 0 amide bonds. The highest BCUT2D eigenvalue weighted by Gasteiger charge is 2.14. The Morgan fingerprint density at radius 3 is 2.69 bits per heavy atom. The van der Waals surface area contributed by atoms with Gasteiger partial charge in [-0.3, -0.25) is 9.48 Å². The van der Waals surface area contributed by atoms with Gasteiger partial charge in [0, 0.05) is 22.8 Å². The minimum Gasteiger partial charge on any atom is -0.289 e. The molecule has 3 rings (SSSR count). The molecule has 0 atom stereocenters. The molecule has 0 bridgehead atoms. The van der Waals surface area contributed by atoms with Crippen LogP contribution in [0.1, 0.15) is 41.5 Å². The maximum Gasteiger partial charge on any atom is 0.189 e. The van der Waals surface area contributed by atoms with E-state index in [2.05, 4.69) is 10.2 Å². The summed E-state index contributed by atoms with van der Waals surface area (Å²) in [5.74, 6) is -0.136. The van der Waals surface area contributed by atoms with E-state index in [-0.39, 0.29) is 11.8 Å². The van der Waals surface area contributed by atoms with Gasteiger partial charge >= 0.3 is 0 Å². The highest BCUT2D eigenvalue weighted by Crippen LogP contribution is 2.26. The molecule has 0 saturated carbocycles. The molecule has 0 N–H and O–H groups in total. The number of nitrogens with zero attached hydrogens (tertiary/aromatic N) is 4. The quantitative estimate of drug-likeness (QED) is 0.447. The SMILES string of the molecule is Cc1nn(-c2cccc(Cl)c2)c(Cl)c1/C=C/C(=O)c1cnn(C(C)C)c1. The van der Waals surface area contributed by atoms with Gasteiger partial charge in [-0.15, -0.1) is 0 Å². The molecule has 7 heteroatoms.